The molecule has 20 heavy (non-hydrogen) atoms. The first-order chi connectivity index (χ1) is 9.58. The molecule has 1 aromatic heterocycles. The van der Waals surface area contributed by atoms with E-state index in [1.807, 2.05) is 43.1 Å². The highest BCUT2D eigenvalue weighted by Crippen LogP contribution is 2.24. The quantitative estimate of drug-likeness (QED) is 0.852. The summed E-state index contributed by atoms with van der Waals surface area (Å²) in [5.74, 6) is 0.0752. The molecule has 0 saturated carbocycles. The smallest absolute Gasteiger partial charge is 0.254 e. The molecule has 2 heterocycles. The van der Waals surface area contributed by atoms with Gasteiger partial charge in [0.2, 0.25) is 0 Å². The normalized spacial score (nSPS) is 14.6. The standard InChI is InChI=1S/C15H16ClN3O/c1-10-13(14(16)18(2)17-10)9-19-8-7-11-5-3-4-6-12(11)15(19)20/h3-6H,7-9H2,1-2H3. The molecule has 0 bridgehead atoms. The average molecular weight is 290 g/mol. The number of aryl methyl sites for hydroxylation is 2. The van der Waals surface area contributed by atoms with E-state index in [0.717, 1.165) is 35.3 Å². The highest BCUT2D eigenvalue weighted by atomic mass is 35.5. The monoisotopic (exact) mass is 289 g/mol. The third-order valence-electron chi connectivity index (χ3n) is 3.80. The maximum atomic E-state index is 12.5. The van der Waals surface area contributed by atoms with Crippen molar-refractivity contribution >= 4 is 17.5 Å². The summed E-state index contributed by atoms with van der Waals surface area (Å²) in [6.07, 6.45) is 0.888. The number of hydrogen-bond donors (Lipinski definition) is 0. The Hall–Kier alpha value is -1.81. The SMILES string of the molecule is Cc1nn(C)c(Cl)c1CN1CCc2ccccc2C1=O. The van der Waals surface area contributed by atoms with Gasteiger partial charge in [-0.05, 0) is 25.0 Å². The van der Waals surface area contributed by atoms with Gasteiger partial charge in [0.15, 0.2) is 0 Å². The highest BCUT2D eigenvalue weighted by molar-refractivity contribution is 6.30. The summed E-state index contributed by atoms with van der Waals surface area (Å²) in [6.45, 7) is 3.16. The lowest BCUT2D eigenvalue weighted by Crippen LogP contribution is -2.37. The lowest BCUT2D eigenvalue weighted by molar-refractivity contribution is 0.0727. The van der Waals surface area contributed by atoms with Crippen LogP contribution in [-0.4, -0.2) is 27.1 Å². The van der Waals surface area contributed by atoms with E-state index in [-0.39, 0.29) is 5.91 Å². The largest absolute Gasteiger partial charge is 0.334 e. The number of carbonyl (C=O) groups excluding carboxylic acids is 1. The number of nitrogens with zero attached hydrogens (tertiary/aromatic N) is 3. The predicted molar refractivity (Wildman–Crippen MR) is 77.8 cm³/mol. The molecule has 0 aliphatic carbocycles. The molecule has 104 valence electrons. The van der Waals surface area contributed by atoms with Crippen molar-refractivity contribution in [3.05, 3.63) is 51.8 Å². The zero-order valence-electron chi connectivity index (χ0n) is 11.6. The molecule has 4 nitrogen and oxygen atoms in total. The van der Waals surface area contributed by atoms with Crippen LogP contribution >= 0.6 is 11.6 Å². The van der Waals surface area contributed by atoms with E-state index in [2.05, 4.69) is 5.10 Å². The maximum Gasteiger partial charge on any atom is 0.254 e. The molecular formula is C15H16ClN3O. The fourth-order valence-electron chi connectivity index (χ4n) is 2.67. The molecule has 3 rings (SSSR count). The molecule has 0 N–H and O–H groups in total. The Morgan fingerprint density at radius 1 is 1.35 bits per heavy atom. The fourth-order valence-corrected chi connectivity index (χ4v) is 2.90. The zero-order valence-corrected chi connectivity index (χ0v) is 12.3. The number of benzene rings is 1. The average Bonchev–Trinajstić information content (AvgIpc) is 2.68. The van der Waals surface area contributed by atoms with E-state index in [9.17, 15) is 4.79 Å². The summed E-state index contributed by atoms with van der Waals surface area (Å²) in [5.41, 5.74) is 3.74. The maximum absolute atomic E-state index is 12.5. The molecule has 1 amide bonds. The van der Waals surface area contributed by atoms with Crippen molar-refractivity contribution in [1.29, 1.82) is 0 Å². The summed E-state index contributed by atoms with van der Waals surface area (Å²) in [6, 6.07) is 7.79. The van der Waals surface area contributed by atoms with E-state index in [4.69, 9.17) is 11.6 Å². The van der Waals surface area contributed by atoms with Crippen LogP contribution < -0.4 is 0 Å². The summed E-state index contributed by atoms with van der Waals surface area (Å²) in [7, 11) is 1.81. The topological polar surface area (TPSA) is 38.1 Å². The third kappa shape index (κ3) is 2.10. The Morgan fingerprint density at radius 2 is 2.10 bits per heavy atom. The van der Waals surface area contributed by atoms with Gasteiger partial charge in [-0.2, -0.15) is 5.10 Å². The second-order valence-corrected chi connectivity index (χ2v) is 5.47. The Bertz CT molecular complexity index is 678. The molecule has 0 radical (unpaired) electrons. The number of halogens is 1. The minimum absolute atomic E-state index is 0.0752. The van der Waals surface area contributed by atoms with Gasteiger partial charge < -0.3 is 4.90 Å². The van der Waals surface area contributed by atoms with Gasteiger partial charge in [0, 0.05) is 24.7 Å². The van der Waals surface area contributed by atoms with Crippen molar-refractivity contribution in [3.8, 4) is 0 Å². The minimum atomic E-state index is 0.0752. The van der Waals surface area contributed by atoms with Gasteiger partial charge in [0.25, 0.3) is 5.91 Å². The van der Waals surface area contributed by atoms with Crippen LogP contribution in [0.4, 0.5) is 0 Å². The fraction of sp³-hybridized carbons (Fsp3) is 0.333. The van der Waals surface area contributed by atoms with Crippen molar-refractivity contribution in [2.45, 2.75) is 19.9 Å². The second-order valence-electron chi connectivity index (χ2n) is 5.11. The molecule has 1 aliphatic heterocycles. The van der Waals surface area contributed by atoms with Crippen molar-refractivity contribution in [2.24, 2.45) is 7.05 Å². The molecule has 0 atom stereocenters. The summed E-state index contributed by atoms with van der Waals surface area (Å²) in [4.78, 5) is 14.4. The molecule has 1 aromatic carbocycles. The van der Waals surface area contributed by atoms with Crippen molar-refractivity contribution in [2.75, 3.05) is 6.54 Å². The van der Waals surface area contributed by atoms with Crippen molar-refractivity contribution in [3.63, 3.8) is 0 Å². The van der Waals surface area contributed by atoms with Crippen LogP contribution in [0.3, 0.4) is 0 Å². The number of fused-ring (bicyclic) bond motifs is 1. The Kier molecular flexibility index (Phi) is 3.26. The van der Waals surface area contributed by atoms with Crippen LogP contribution in [-0.2, 0) is 20.0 Å². The lowest BCUT2D eigenvalue weighted by Gasteiger charge is -2.28. The van der Waals surface area contributed by atoms with Gasteiger partial charge in [-0.25, -0.2) is 0 Å². The first-order valence-corrected chi connectivity index (χ1v) is 7.01. The van der Waals surface area contributed by atoms with Gasteiger partial charge in [-0.1, -0.05) is 29.8 Å². The Labute approximate surface area is 123 Å². The minimum Gasteiger partial charge on any atom is -0.334 e. The van der Waals surface area contributed by atoms with E-state index in [1.165, 1.54) is 0 Å². The van der Waals surface area contributed by atoms with Crippen LogP contribution in [0.15, 0.2) is 24.3 Å². The lowest BCUT2D eigenvalue weighted by atomic mass is 9.99. The van der Waals surface area contributed by atoms with Crippen LogP contribution in [0, 0.1) is 6.92 Å². The van der Waals surface area contributed by atoms with Crippen LogP contribution in [0.5, 0.6) is 0 Å². The van der Waals surface area contributed by atoms with Crippen molar-refractivity contribution < 1.29 is 4.79 Å². The number of aromatic nitrogens is 2. The van der Waals surface area contributed by atoms with Gasteiger partial charge in [-0.15, -0.1) is 0 Å². The summed E-state index contributed by atoms with van der Waals surface area (Å²) in [5, 5.41) is 4.90. The summed E-state index contributed by atoms with van der Waals surface area (Å²) >= 11 is 6.24. The van der Waals surface area contributed by atoms with Crippen LogP contribution in [0.25, 0.3) is 0 Å². The first-order valence-electron chi connectivity index (χ1n) is 6.63. The van der Waals surface area contributed by atoms with Crippen LogP contribution in [0.1, 0.15) is 27.2 Å². The number of rotatable bonds is 2. The molecular weight excluding hydrogens is 274 g/mol. The van der Waals surface area contributed by atoms with Gasteiger partial charge in [0.1, 0.15) is 5.15 Å². The van der Waals surface area contributed by atoms with Gasteiger partial charge in [-0.3, -0.25) is 9.48 Å². The molecule has 0 unspecified atom stereocenters. The first kappa shape index (κ1) is 13.2. The molecule has 0 spiro atoms. The number of carbonyl (C=O) groups is 1. The highest BCUT2D eigenvalue weighted by Gasteiger charge is 2.25. The van der Waals surface area contributed by atoms with Crippen molar-refractivity contribution in [1.82, 2.24) is 14.7 Å². The second kappa shape index (κ2) is 4.94. The van der Waals surface area contributed by atoms with E-state index in [0.29, 0.717) is 11.7 Å². The Morgan fingerprint density at radius 3 is 2.80 bits per heavy atom. The van der Waals surface area contributed by atoms with E-state index in [1.54, 1.807) is 4.68 Å². The van der Waals surface area contributed by atoms with Gasteiger partial charge >= 0.3 is 0 Å². The number of hydrogen-bond acceptors (Lipinski definition) is 2. The Balaban J connectivity index is 1.88. The molecule has 1 aliphatic rings. The zero-order chi connectivity index (χ0) is 14.3. The van der Waals surface area contributed by atoms with E-state index < -0.39 is 0 Å². The van der Waals surface area contributed by atoms with Gasteiger partial charge in [0.05, 0.1) is 12.2 Å². The molecule has 0 saturated heterocycles. The third-order valence-corrected chi connectivity index (χ3v) is 4.28. The van der Waals surface area contributed by atoms with E-state index >= 15 is 0 Å². The predicted octanol–water partition coefficient (Wildman–Crippen LogP) is 2.58. The molecule has 2 aromatic rings. The molecule has 5 heteroatoms. The summed E-state index contributed by atoms with van der Waals surface area (Å²) < 4.78 is 1.65. The molecule has 0 fully saturated rings. The number of amides is 1. The van der Waals surface area contributed by atoms with Crippen LogP contribution in [0.2, 0.25) is 5.15 Å².